The molecule has 0 aromatic carbocycles. The van der Waals surface area contributed by atoms with Crippen molar-refractivity contribution >= 4 is 11.8 Å². The minimum absolute atomic E-state index is 0.0613. The van der Waals surface area contributed by atoms with Crippen LogP contribution in [0.25, 0.3) is 0 Å². The van der Waals surface area contributed by atoms with Crippen LogP contribution >= 0.6 is 0 Å². The first-order valence-electron chi connectivity index (χ1n) is 3.40. The average Bonchev–Trinajstić information content (AvgIpc) is 2.01. The van der Waals surface area contributed by atoms with Crippen molar-refractivity contribution in [2.24, 2.45) is 5.28 Å². The summed E-state index contributed by atoms with van der Waals surface area (Å²) < 4.78 is 4.35. The number of hydroxylamine groups is 1. The molecule has 0 aromatic heterocycles. The molecule has 0 aliphatic carbocycles. The van der Waals surface area contributed by atoms with Crippen LogP contribution in [-0.2, 0) is 19.2 Å². The normalized spacial score (nSPS) is 10.8. The van der Waals surface area contributed by atoms with E-state index < -0.39 is 24.9 Å². The van der Waals surface area contributed by atoms with Crippen LogP contribution in [0.1, 0.15) is 6.92 Å². The zero-order valence-corrected chi connectivity index (χ0v) is 7.35. The summed E-state index contributed by atoms with van der Waals surface area (Å²) in [4.78, 5) is 25.2. The molecule has 0 saturated heterocycles. The monoisotopic (exact) mass is 190 g/mol. The first-order valence-corrected chi connectivity index (χ1v) is 3.40. The second kappa shape index (κ2) is 5.92. The van der Waals surface area contributed by atoms with Crippen molar-refractivity contribution in [1.82, 2.24) is 0 Å². The van der Waals surface area contributed by atoms with Crippen LogP contribution in [0.3, 0.4) is 0 Å². The SMILES string of the molecule is CO/N=[N+](\[O-])CC(=O)COC(C)=O. The number of ketones is 1. The Hall–Kier alpha value is -1.66. The third kappa shape index (κ3) is 6.73. The van der Waals surface area contributed by atoms with Crippen molar-refractivity contribution in [3.8, 4) is 0 Å². The molecule has 0 unspecified atom stereocenters. The van der Waals surface area contributed by atoms with Gasteiger partial charge in [0.05, 0.1) is 0 Å². The number of carbonyl (C=O) groups is 2. The van der Waals surface area contributed by atoms with Crippen LogP contribution in [0.2, 0.25) is 0 Å². The fourth-order valence-electron chi connectivity index (χ4n) is 0.499. The maximum atomic E-state index is 10.8. The van der Waals surface area contributed by atoms with E-state index in [2.05, 4.69) is 14.9 Å². The minimum Gasteiger partial charge on any atom is -0.597 e. The van der Waals surface area contributed by atoms with E-state index in [1.54, 1.807) is 0 Å². The van der Waals surface area contributed by atoms with Crippen LogP contribution in [0.5, 0.6) is 0 Å². The molecule has 0 aromatic rings. The first kappa shape index (κ1) is 11.3. The Morgan fingerprint density at radius 2 is 2.15 bits per heavy atom. The molecule has 0 N–H and O–H groups in total. The van der Waals surface area contributed by atoms with Gasteiger partial charge in [0, 0.05) is 6.92 Å². The molecular formula is C6H10N2O5. The Kier molecular flexibility index (Phi) is 5.17. The lowest BCUT2D eigenvalue weighted by molar-refractivity contribution is -0.546. The quantitative estimate of drug-likeness (QED) is 0.255. The van der Waals surface area contributed by atoms with E-state index in [1.165, 1.54) is 14.0 Å². The smallest absolute Gasteiger partial charge is 0.303 e. The van der Waals surface area contributed by atoms with Gasteiger partial charge in [-0.3, -0.25) is 9.59 Å². The highest BCUT2D eigenvalue weighted by atomic mass is 16.7. The summed E-state index contributed by atoms with van der Waals surface area (Å²) in [6.45, 7) is 0.246. The van der Waals surface area contributed by atoms with Gasteiger partial charge in [-0.15, -0.1) is 0 Å². The number of Topliss-reactive ketones (excluding diaryl/α,β-unsaturated/α-hetero) is 1. The lowest BCUT2D eigenvalue weighted by Crippen LogP contribution is -2.20. The van der Waals surface area contributed by atoms with Crippen molar-refractivity contribution in [2.75, 3.05) is 20.3 Å². The molecule has 0 saturated carbocycles. The number of hydrogen-bond donors (Lipinski definition) is 0. The molecule has 0 rings (SSSR count). The number of hydrogen-bond acceptors (Lipinski definition) is 6. The van der Waals surface area contributed by atoms with Gasteiger partial charge in [0.2, 0.25) is 12.3 Å². The van der Waals surface area contributed by atoms with Crippen molar-refractivity contribution in [2.45, 2.75) is 6.92 Å². The van der Waals surface area contributed by atoms with E-state index in [1.807, 2.05) is 0 Å². The highest BCUT2D eigenvalue weighted by molar-refractivity contribution is 5.82. The van der Waals surface area contributed by atoms with Gasteiger partial charge < -0.3 is 14.8 Å². The van der Waals surface area contributed by atoms with Gasteiger partial charge >= 0.3 is 5.97 Å². The Bertz CT molecular complexity index is 225. The zero-order valence-electron chi connectivity index (χ0n) is 7.35. The second-order valence-electron chi connectivity index (χ2n) is 2.09. The summed E-state index contributed by atoms with van der Waals surface area (Å²) in [5.74, 6) is -1.12. The highest BCUT2D eigenvalue weighted by Gasteiger charge is 2.10. The largest absolute Gasteiger partial charge is 0.597 e. The van der Waals surface area contributed by atoms with E-state index in [0.717, 1.165) is 0 Å². The van der Waals surface area contributed by atoms with E-state index in [4.69, 9.17) is 0 Å². The Labute approximate surface area is 74.5 Å². The van der Waals surface area contributed by atoms with Crippen molar-refractivity contribution < 1.29 is 24.0 Å². The number of ether oxygens (including phenoxy) is 1. The molecule has 0 aliphatic heterocycles. The minimum atomic E-state index is -0.575. The fraction of sp³-hybridized carbons (Fsp3) is 0.667. The lowest BCUT2D eigenvalue weighted by Gasteiger charge is -1.99. The number of nitrogens with zero attached hydrogens (tertiary/aromatic N) is 2. The summed E-state index contributed by atoms with van der Waals surface area (Å²) >= 11 is 0. The third-order valence-electron chi connectivity index (χ3n) is 0.921. The van der Waals surface area contributed by atoms with Gasteiger partial charge in [-0.2, -0.15) is 0 Å². The standard InChI is InChI=1S/C6H10N2O5/c1-5(9)13-4-6(10)3-8(11)7-12-2/h3-4H2,1-2H3/b8-7-. The van der Waals surface area contributed by atoms with Crippen molar-refractivity contribution in [3.63, 3.8) is 0 Å². The van der Waals surface area contributed by atoms with Crippen LogP contribution in [0, 0.1) is 5.21 Å². The van der Waals surface area contributed by atoms with Gasteiger partial charge in [0.15, 0.2) is 11.9 Å². The van der Waals surface area contributed by atoms with Crippen molar-refractivity contribution in [1.29, 1.82) is 0 Å². The van der Waals surface area contributed by atoms with Crippen LogP contribution < -0.4 is 0 Å². The molecule has 7 nitrogen and oxygen atoms in total. The van der Waals surface area contributed by atoms with Gasteiger partial charge in [-0.25, -0.2) is 0 Å². The van der Waals surface area contributed by atoms with Crippen LogP contribution in [0.15, 0.2) is 5.28 Å². The van der Waals surface area contributed by atoms with E-state index in [9.17, 15) is 14.8 Å². The molecule has 13 heavy (non-hydrogen) atoms. The summed E-state index contributed by atoms with van der Waals surface area (Å²) in [5.41, 5.74) is 0. The molecule has 0 atom stereocenters. The summed E-state index contributed by atoms with van der Waals surface area (Å²) in [6.07, 6.45) is 0. The summed E-state index contributed by atoms with van der Waals surface area (Å²) in [7, 11) is 1.18. The fourth-order valence-corrected chi connectivity index (χ4v) is 0.499. The van der Waals surface area contributed by atoms with Gasteiger partial charge in [0.1, 0.15) is 7.11 Å². The van der Waals surface area contributed by atoms with Crippen molar-refractivity contribution in [3.05, 3.63) is 5.21 Å². The van der Waals surface area contributed by atoms with E-state index >= 15 is 0 Å². The lowest BCUT2D eigenvalue weighted by atomic mass is 10.4. The second-order valence-corrected chi connectivity index (χ2v) is 2.09. The van der Waals surface area contributed by atoms with Gasteiger partial charge in [-0.05, 0) is 4.86 Å². The van der Waals surface area contributed by atoms with Gasteiger partial charge in [-0.1, -0.05) is 0 Å². The van der Waals surface area contributed by atoms with Crippen LogP contribution in [0.4, 0.5) is 0 Å². The predicted molar refractivity (Wildman–Crippen MR) is 39.6 cm³/mol. The molecule has 0 heterocycles. The Balaban J connectivity index is 3.74. The molecule has 74 valence electrons. The first-order chi connectivity index (χ1) is 6.06. The molecule has 0 spiro atoms. The topological polar surface area (TPSA) is 91.0 Å². The maximum Gasteiger partial charge on any atom is 0.303 e. The van der Waals surface area contributed by atoms with Gasteiger partial charge in [0.25, 0.3) is 0 Å². The molecule has 0 amide bonds. The molecule has 0 bridgehead atoms. The number of esters is 1. The Morgan fingerprint density at radius 3 is 2.62 bits per heavy atom. The predicted octanol–water partition coefficient (Wildman–Crippen LogP) is -0.357. The van der Waals surface area contributed by atoms with E-state index in [-0.39, 0.29) is 4.86 Å². The van der Waals surface area contributed by atoms with Crippen LogP contribution in [-0.4, -0.2) is 36.9 Å². The highest BCUT2D eigenvalue weighted by Crippen LogP contribution is 1.83. The number of carbonyl (C=O) groups excluding carboxylic acids is 2. The molecular weight excluding hydrogens is 180 g/mol. The zero-order chi connectivity index (χ0) is 10.3. The maximum absolute atomic E-state index is 10.8. The number of rotatable bonds is 5. The Morgan fingerprint density at radius 1 is 1.54 bits per heavy atom. The van der Waals surface area contributed by atoms with E-state index in [0.29, 0.717) is 0 Å². The summed E-state index contributed by atoms with van der Waals surface area (Å²) in [6, 6.07) is 0. The average molecular weight is 190 g/mol. The molecule has 0 fully saturated rings. The molecule has 7 heteroatoms. The summed E-state index contributed by atoms with van der Waals surface area (Å²) in [5, 5.41) is 13.5. The third-order valence-corrected chi connectivity index (χ3v) is 0.921. The molecule has 0 aliphatic rings. The molecule has 0 radical (unpaired) electrons.